The second-order valence-electron chi connectivity index (χ2n) is 4.60. The third kappa shape index (κ3) is 3.68. The van der Waals surface area contributed by atoms with E-state index in [-0.39, 0.29) is 6.04 Å². The van der Waals surface area contributed by atoms with E-state index in [0.717, 1.165) is 24.6 Å². The van der Waals surface area contributed by atoms with Crippen LogP contribution >= 0.6 is 0 Å². The molecule has 1 aromatic rings. The highest BCUT2D eigenvalue weighted by Crippen LogP contribution is 2.13. The van der Waals surface area contributed by atoms with E-state index in [1.165, 1.54) is 25.9 Å². The zero-order chi connectivity index (χ0) is 12.1. The highest BCUT2D eigenvalue weighted by molar-refractivity contribution is 5.21. The van der Waals surface area contributed by atoms with Crippen molar-refractivity contribution in [3.63, 3.8) is 0 Å². The molecule has 1 saturated heterocycles. The average Bonchev–Trinajstić information content (AvgIpc) is 2.83. The van der Waals surface area contributed by atoms with Gasteiger partial charge in [0.15, 0.2) is 0 Å². The summed E-state index contributed by atoms with van der Waals surface area (Å²) in [7, 11) is 0. The number of hydrogen-bond acceptors (Lipinski definition) is 4. The first-order valence-corrected chi connectivity index (χ1v) is 6.32. The molecule has 1 atom stereocenters. The maximum Gasteiger partial charge on any atom is 0.137 e. The molecule has 94 valence electrons. The molecule has 17 heavy (non-hydrogen) atoms. The zero-order valence-corrected chi connectivity index (χ0v) is 10.4. The molecular weight excluding hydrogens is 214 g/mol. The van der Waals surface area contributed by atoms with Gasteiger partial charge in [0.2, 0.25) is 0 Å². The quantitative estimate of drug-likeness (QED) is 0.841. The minimum atomic E-state index is -0.0198. The Morgan fingerprint density at radius 1 is 1.41 bits per heavy atom. The lowest BCUT2D eigenvalue weighted by Gasteiger charge is -2.15. The fourth-order valence-corrected chi connectivity index (χ4v) is 2.05. The van der Waals surface area contributed by atoms with Crippen LogP contribution < -0.4 is 10.5 Å². The molecule has 0 amide bonds. The molecule has 2 rings (SSSR count). The van der Waals surface area contributed by atoms with E-state index >= 15 is 0 Å². The molecule has 4 heteroatoms. The van der Waals surface area contributed by atoms with Gasteiger partial charge >= 0.3 is 0 Å². The molecule has 0 unspecified atom stereocenters. The maximum atomic E-state index is 5.74. The molecule has 1 aliphatic heterocycles. The Labute approximate surface area is 103 Å². The Morgan fingerprint density at radius 3 is 2.76 bits per heavy atom. The molecule has 1 aromatic heterocycles. The van der Waals surface area contributed by atoms with Gasteiger partial charge in [0.1, 0.15) is 12.4 Å². The van der Waals surface area contributed by atoms with Crippen molar-refractivity contribution in [2.45, 2.75) is 25.8 Å². The summed E-state index contributed by atoms with van der Waals surface area (Å²) in [6.45, 7) is 6.10. The molecule has 1 fully saturated rings. The van der Waals surface area contributed by atoms with E-state index in [1.54, 1.807) is 6.20 Å². The van der Waals surface area contributed by atoms with Gasteiger partial charge in [-0.15, -0.1) is 0 Å². The van der Waals surface area contributed by atoms with Crippen LogP contribution in [0.2, 0.25) is 0 Å². The van der Waals surface area contributed by atoms with Crippen LogP contribution in [0.3, 0.4) is 0 Å². The van der Waals surface area contributed by atoms with Gasteiger partial charge < -0.3 is 10.5 Å². The smallest absolute Gasteiger partial charge is 0.137 e. The SMILES string of the molecule is C[C@H](N)c1ccc(OCCN2CCCC2)cn1. The van der Waals surface area contributed by atoms with Crippen LogP contribution in [0.1, 0.15) is 31.5 Å². The Bertz CT molecular complexity index is 331. The maximum absolute atomic E-state index is 5.74. The first-order chi connectivity index (χ1) is 8.25. The summed E-state index contributed by atoms with van der Waals surface area (Å²) in [5.74, 6) is 0.827. The molecule has 0 aromatic carbocycles. The standard InChI is InChI=1S/C13H21N3O/c1-11(14)13-5-4-12(10-15-13)17-9-8-16-6-2-3-7-16/h4-5,10-11H,2-3,6-9,14H2,1H3/t11-/m0/s1. The van der Waals surface area contributed by atoms with E-state index < -0.39 is 0 Å². The fourth-order valence-electron chi connectivity index (χ4n) is 2.05. The summed E-state index contributed by atoms with van der Waals surface area (Å²) in [5.41, 5.74) is 6.64. The molecule has 0 bridgehead atoms. The van der Waals surface area contributed by atoms with Gasteiger partial charge in [-0.3, -0.25) is 9.88 Å². The second kappa shape index (κ2) is 5.98. The highest BCUT2D eigenvalue weighted by Gasteiger charge is 2.10. The van der Waals surface area contributed by atoms with Crippen molar-refractivity contribution in [3.05, 3.63) is 24.0 Å². The highest BCUT2D eigenvalue weighted by atomic mass is 16.5. The van der Waals surface area contributed by atoms with Crippen LogP contribution in [0.4, 0.5) is 0 Å². The summed E-state index contributed by atoms with van der Waals surface area (Å²) >= 11 is 0. The molecule has 2 N–H and O–H groups in total. The van der Waals surface area contributed by atoms with Crippen molar-refractivity contribution in [3.8, 4) is 5.75 Å². The largest absolute Gasteiger partial charge is 0.491 e. The molecule has 1 aliphatic rings. The van der Waals surface area contributed by atoms with Gasteiger partial charge in [-0.2, -0.15) is 0 Å². The number of pyridine rings is 1. The summed E-state index contributed by atoms with van der Waals surface area (Å²) in [6.07, 6.45) is 4.40. The first-order valence-electron chi connectivity index (χ1n) is 6.32. The lowest BCUT2D eigenvalue weighted by Crippen LogP contribution is -2.25. The molecule has 4 nitrogen and oxygen atoms in total. The van der Waals surface area contributed by atoms with Gasteiger partial charge in [-0.25, -0.2) is 0 Å². The van der Waals surface area contributed by atoms with Crippen LogP contribution in [0.25, 0.3) is 0 Å². The number of ether oxygens (including phenoxy) is 1. The second-order valence-corrected chi connectivity index (χ2v) is 4.60. The van der Waals surface area contributed by atoms with Gasteiger partial charge in [-0.05, 0) is 45.0 Å². The van der Waals surface area contributed by atoms with Crippen molar-refractivity contribution in [1.29, 1.82) is 0 Å². The van der Waals surface area contributed by atoms with Gasteiger partial charge in [0.25, 0.3) is 0 Å². The first kappa shape index (κ1) is 12.3. The predicted molar refractivity (Wildman–Crippen MR) is 68.0 cm³/mol. The van der Waals surface area contributed by atoms with Crippen LogP contribution in [0.5, 0.6) is 5.75 Å². The average molecular weight is 235 g/mol. The number of nitrogens with zero attached hydrogens (tertiary/aromatic N) is 2. The molecule has 2 heterocycles. The number of aromatic nitrogens is 1. The Kier molecular flexibility index (Phi) is 4.34. The fraction of sp³-hybridized carbons (Fsp3) is 0.615. The lowest BCUT2D eigenvalue weighted by atomic mass is 10.2. The van der Waals surface area contributed by atoms with E-state index in [0.29, 0.717) is 0 Å². The summed E-state index contributed by atoms with van der Waals surface area (Å²) in [4.78, 5) is 6.70. The Balaban J connectivity index is 1.74. The number of likely N-dealkylation sites (tertiary alicyclic amines) is 1. The van der Waals surface area contributed by atoms with Crippen LogP contribution in [-0.2, 0) is 0 Å². The van der Waals surface area contributed by atoms with E-state index in [1.807, 2.05) is 19.1 Å². The van der Waals surface area contributed by atoms with E-state index in [9.17, 15) is 0 Å². The molecule has 0 saturated carbocycles. The third-order valence-electron chi connectivity index (χ3n) is 3.10. The summed E-state index contributed by atoms with van der Waals surface area (Å²) in [6, 6.07) is 3.85. The molecule has 0 aliphatic carbocycles. The number of hydrogen-bond donors (Lipinski definition) is 1. The Hall–Kier alpha value is -1.13. The van der Waals surface area contributed by atoms with Gasteiger partial charge in [-0.1, -0.05) is 0 Å². The predicted octanol–water partition coefficient (Wildman–Crippen LogP) is 1.58. The van der Waals surface area contributed by atoms with Crippen molar-refractivity contribution < 1.29 is 4.74 Å². The Morgan fingerprint density at radius 2 is 2.18 bits per heavy atom. The van der Waals surface area contributed by atoms with Gasteiger partial charge in [0, 0.05) is 12.6 Å². The topological polar surface area (TPSA) is 51.4 Å². The monoisotopic (exact) mass is 235 g/mol. The minimum Gasteiger partial charge on any atom is -0.491 e. The zero-order valence-electron chi connectivity index (χ0n) is 10.4. The van der Waals surface area contributed by atoms with Crippen molar-refractivity contribution in [1.82, 2.24) is 9.88 Å². The molecule has 0 radical (unpaired) electrons. The van der Waals surface area contributed by atoms with Crippen LogP contribution in [-0.4, -0.2) is 36.1 Å². The third-order valence-corrected chi connectivity index (χ3v) is 3.10. The van der Waals surface area contributed by atoms with Crippen LogP contribution in [0.15, 0.2) is 18.3 Å². The normalized spacial score (nSPS) is 18.2. The summed E-state index contributed by atoms with van der Waals surface area (Å²) in [5, 5.41) is 0. The van der Waals surface area contributed by atoms with Crippen molar-refractivity contribution in [2.24, 2.45) is 5.73 Å². The van der Waals surface area contributed by atoms with E-state index in [2.05, 4.69) is 9.88 Å². The van der Waals surface area contributed by atoms with Crippen molar-refractivity contribution in [2.75, 3.05) is 26.2 Å². The summed E-state index contributed by atoms with van der Waals surface area (Å²) < 4.78 is 5.66. The minimum absolute atomic E-state index is 0.0198. The lowest BCUT2D eigenvalue weighted by molar-refractivity contribution is 0.237. The number of rotatable bonds is 5. The van der Waals surface area contributed by atoms with Crippen molar-refractivity contribution >= 4 is 0 Å². The molecule has 0 spiro atoms. The van der Waals surface area contributed by atoms with Crippen LogP contribution in [0, 0.1) is 0 Å². The number of nitrogens with two attached hydrogens (primary N) is 1. The van der Waals surface area contributed by atoms with E-state index in [4.69, 9.17) is 10.5 Å². The molecular formula is C13H21N3O. The van der Waals surface area contributed by atoms with Gasteiger partial charge in [0.05, 0.1) is 11.9 Å².